The number of carbonyl (C=O) groups excluding carboxylic acids is 1. The van der Waals surface area contributed by atoms with Crippen LogP contribution >= 0.6 is 11.3 Å². The van der Waals surface area contributed by atoms with Crippen molar-refractivity contribution in [2.75, 3.05) is 6.61 Å². The third kappa shape index (κ3) is 6.29. The van der Waals surface area contributed by atoms with Gasteiger partial charge < -0.3 is 19.3 Å². The molecule has 0 aliphatic carbocycles. The smallest absolute Gasteiger partial charge is 0.358 e. The number of nitrogens with zero attached hydrogens (tertiary/aromatic N) is 4. The lowest BCUT2D eigenvalue weighted by Gasteiger charge is -2.14. The van der Waals surface area contributed by atoms with Gasteiger partial charge in [0.05, 0.1) is 16.4 Å². The number of rotatable bonds is 11. The molecular formula is C32H27N5O4S. The van der Waals surface area contributed by atoms with Gasteiger partial charge in [-0.15, -0.1) is 11.3 Å². The van der Waals surface area contributed by atoms with Crippen molar-refractivity contribution in [2.45, 2.75) is 26.4 Å². The van der Waals surface area contributed by atoms with E-state index in [4.69, 9.17) is 19.3 Å². The van der Waals surface area contributed by atoms with E-state index >= 15 is 0 Å². The fourth-order valence-electron chi connectivity index (χ4n) is 4.82. The Labute approximate surface area is 245 Å². The Morgan fingerprint density at radius 3 is 2.67 bits per heavy atom. The molecular weight excluding hydrogens is 550 g/mol. The number of thiazole rings is 1. The second kappa shape index (κ2) is 12.6. The Morgan fingerprint density at radius 2 is 1.86 bits per heavy atom. The zero-order valence-corrected chi connectivity index (χ0v) is 23.6. The van der Waals surface area contributed by atoms with Crippen molar-refractivity contribution in [1.29, 1.82) is 0 Å². The van der Waals surface area contributed by atoms with E-state index in [2.05, 4.69) is 32.2 Å². The molecule has 1 N–H and O–H groups in total. The van der Waals surface area contributed by atoms with Crippen LogP contribution in [0.5, 0.6) is 11.5 Å². The first-order valence-corrected chi connectivity index (χ1v) is 14.2. The molecule has 0 atom stereocenters. The summed E-state index contributed by atoms with van der Waals surface area (Å²) in [5.41, 5.74) is 6.25. The van der Waals surface area contributed by atoms with Gasteiger partial charge in [0.1, 0.15) is 29.7 Å². The molecule has 210 valence electrons. The molecule has 0 aliphatic rings. The molecule has 0 radical (unpaired) electrons. The number of fused-ring (bicyclic) bond motifs is 2. The molecule has 0 bridgehead atoms. The highest BCUT2D eigenvalue weighted by Gasteiger charge is 2.18. The second-order valence-electron chi connectivity index (χ2n) is 9.52. The molecule has 6 rings (SSSR count). The van der Waals surface area contributed by atoms with Crippen LogP contribution in [0.1, 0.15) is 27.4 Å². The van der Waals surface area contributed by atoms with Crippen LogP contribution in [0.3, 0.4) is 0 Å². The Bertz CT molecular complexity index is 1820. The van der Waals surface area contributed by atoms with E-state index in [1.54, 1.807) is 35.9 Å². The normalized spacial score (nSPS) is 11.4. The quantitative estimate of drug-likeness (QED) is 0.0845. The fourth-order valence-corrected chi connectivity index (χ4v) is 5.70. The van der Waals surface area contributed by atoms with E-state index in [9.17, 15) is 4.79 Å². The average Bonchev–Trinajstić information content (AvgIpc) is 3.57. The van der Waals surface area contributed by atoms with Crippen LogP contribution in [-0.4, -0.2) is 38.7 Å². The van der Waals surface area contributed by atoms with Crippen molar-refractivity contribution in [2.24, 2.45) is 5.16 Å². The zero-order chi connectivity index (χ0) is 28.7. The molecule has 0 amide bonds. The number of nitrogens with one attached hydrogen (secondary N) is 1. The predicted molar refractivity (Wildman–Crippen MR) is 162 cm³/mol. The lowest BCUT2D eigenvalue weighted by Crippen LogP contribution is -2.09. The molecule has 4 aromatic heterocycles. The van der Waals surface area contributed by atoms with Crippen LogP contribution in [0.15, 0.2) is 90.6 Å². The van der Waals surface area contributed by atoms with Gasteiger partial charge in [0.15, 0.2) is 6.21 Å². The van der Waals surface area contributed by atoms with Crippen LogP contribution in [0.25, 0.3) is 21.1 Å². The van der Waals surface area contributed by atoms with Gasteiger partial charge in [-0.05, 0) is 60.5 Å². The highest BCUT2D eigenvalue weighted by atomic mass is 32.1. The highest BCUT2D eigenvalue weighted by molar-refractivity contribution is 7.18. The van der Waals surface area contributed by atoms with Gasteiger partial charge in [-0.1, -0.05) is 23.4 Å². The number of aryl methyl sites for hydroxylation is 1. The summed E-state index contributed by atoms with van der Waals surface area (Å²) >= 11 is 1.64. The summed E-state index contributed by atoms with van der Waals surface area (Å²) < 4.78 is 12.7. The summed E-state index contributed by atoms with van der Waals surface area (Å²) in [6.07, 6.45) is 8.92. The van der Waals surface area contributed by atoms with Gasteiger partial charge >= 0.3 is 5.97 Å². The number of oxime groups is 1. The first-order chi connectivity index (χ1) is 20.6. The van der Waals surface area contributed by atoms with Gasteiger partial charge in [-0.2, -0.15) is 0 Å². The standard InChI is InChI=1S/C32H27N5O4S/c1-21-24(12-15-40-35-19-31(38)41-23-7-5-14-34-18-23)32-25(16-22-6-4-13-33-17-22)28(11-10-27(32)36-21)39-20-30-37-26-8-2-3-9-29(26)42-30/h2-11,13-14,17-19,36H,12,15-16,20H2,1H3. The van der Waals surface area contributed by atoms with Crippen LogP contribution < -0.4 is 9.47 Å². The van der Waals surface area contributed by atoms with E-state index < -0.39 is 5.97 Å². The lowest BCUT2D eigenvalue weighted by atomic mass is 9.97. The number of carbonyl (C=O) groups is 1. The van der Waals surface area contributed by atoms with Crippen LogP contribution in [0.2, 0.25) is 0 Å². The maximum atomic E-state index is 12.0. The van der Waals surface area contributed by atoms with Crippen molar-refractivity contribution in [3.05, 3.63) is 113 Å². The maximum absolute atomic E-state index is 12.0. The Hall–Kier alpha value is -5.09. The fraction of sp³-hybridized carbons (Fsp3) is 0.156. The molecule has 0 fully saturated rings. The van der Waals surface area contributed by atoms with E-state index in [0.717, 1.165) is 60.5 Å². The van der Waals surface area contributed by atoms with Crippen molar-refractivity contribution in [3.63, 3.8) is 0 Å². The molecule has 0 unspecified atom stereocenters. The van der Waals surface area contributed by atoms with Gasteiger partial charge in [0, 0.05) is 53.6 Å². The minimum atomic E-state index is -0.639. The first-order valence-electron chi connectivity index (χ1n) is 13.4. The molecule has 0 spiro atoms. The van der Waals surface area contributed by atoms with Crippen molar-refractivity contribution < 1.29 is 19.1 Å². The van der Waals surface area contributed by atoms with Gasteiger partial charge in [-0.3, -0.25) is 9.97 Å². The predicted octanol–water partition coefficient (Wildman–Crippen LogP) is 6.20. The molecule has 10 heteroatoms. The minimum absolute atomic E-state index is 0.271. The van der Waals surface area contributed by atoms with E-state index in [1.807, 2.05) is 49.5 Å². The molecule has 9 nitrogen and oxygen atoms in total. The summed E-state index contributed by atoms with van der Waals surface area (Å²) in [5, 5.41) is 5.80. The lowest BCUT2D eigenvalue weighted by molar-refractivity contribution is -0.126. The number of para-hydroxylation sites is 1. The number of pyridine rings is 2. The van der Waals surface area contributed by atoms with E-state index in [-0.39, 0.29) is 6.61 Å². The number of hydrogen-bond donors (Lipinski definition) is 1. The Kier molecular flexibility index (Phi) is 8.14. The largest absolute Gasteiger partial charge is 0.486 e. The Morgan fingerprint density at radius 1 is 1.00 bits per heavy atom. The van der Waals surface area contributed by atoms with Crippen molar-refractivity contribution in [3.8, 4) is 11.5 Å². The van der Waals surface area contributed by atoms with Crippen LogP contribution in [0.4, 0.5) is 0 Å². The molecule has 4 heterocycles. The average molecular weight is 578 g/mol. The third-order valence-electron chi connectivity index (χ3n) is 6.67. The summed E-state index contributed by atoms with van der Waals surface area (Å²) in [5.74, 6) is 0.494. The monoisotopic (exact) mass is 577 g/mol. The van der Waals surface area contributed by atoms with Gasteiger partial charge in [0.25, 0.3) is 0 Å². The Balaban J connectivity index is 1.22. The van der Waals surface area contributed by atoms with Gasteiger partial charge in [-0.25, -0.2) is 9.78 Å². The summed E-state index contributed by atoms with van der Waals surface area (Å²) in [6.45, 7) is 2.68. The number of aromatic amines is 1. The molecule has 6 aromatic rings. The number of H-pyrrole nitrogens is 1. The van der Waals surface area contributed by atoms with Gasteiger partial charge in [0.2, 0.25) is 0 Å². The zero-order valence-electron chi connectivity index (χ0n) is 22.8. The second-order valence-corrected chi connectivity index (χ2v) is 10.6. The molecule has 42 heavy (non-hydrogen) atoms. The molecule has 0 saturated carbocycles. The number of benzene rings is 2. The maximum Gasteiger partial charge on any atom is 0.358 e. The summed E-state index contributed by atoms with van der Waals surface area (Å²) in [4.78, 5) is 33.9. The topological polar surface area (TPSA) is 112 Å². The number of hydrogen-bond acceptors (Lipinski definition) is 9. The SMILES string of the molecule is Cc1[nH]c2ccc(OCc3nc4ccccc4s3)c(Cc3cccnc3)c2c1CCON=CC(=O)Oc1cccnc1. The molecule has 0 aliphatic heterocycles. The molecule has 2 aromatic carbocycles. The third-order valence-corrected chi connectivity index (χ3v) is 7.68. The van der Waals surface area contributed by atoms with E-state index in [1.165, 1.54) is 6.20 Å². The highest BCUT2D eigenvalue weighted by Crippen LogP contribution is 2.35. The summed E-state index contributed by atoms with van der Waals surface area (Å²) in [7, 11) is 0. The first kappa shape index (κ1) is 27.1. The van der Waals surface area contributed by atoms with Crippen LogP contribution in [0, 0.1) is 6.92 Å². The number of aromatic nitrogens is 4. The number of esters is 1. The molecule has 0 saturated heterocycles. The van der Waals surface area contributed by atoms with E-state index in [0.29, 0.717) is 25.2 Å². The minimum Gasteiger partial charge on any atom is -0.486 e. The van der Waals surface area contributed by atoms with Crippen LogP contribution in [-0.2, 0) is 29.1 Å². The summed E-state index contributed by atoms with van der Waals surface area (Å²) in [6, 6.07) is 19.5. The number of ether oxygens (including phenoxy) is 2. The van der Waals surface area contributed by atoms with Crippen molar-refractivity contribution in [1.82, 2.24) is 19.9 Å². The van der Waals surface area contributed by atoms with Crippen molar-refractivity contribution >= 4 is 44.6 Å².